The molecule has 0 spiro atoms. The molecule has 0 radical (unpaired) electrons. The van der Waals surface area contributed by atoms with Gasteiger partial charge in [-0.1, -0.05) is 18.2 Å². The average Bonchev–Trinajstić information content (AvgIpc) is 2.92. The highest BCUT2D eigenvalue weighted by Crippen LogP contribution is 2.37. The number of nitrogens with zero attached hydrogens (tertiary/aromatic N) is 3. The molecule has 1 heterocycles. The van der Waals surface area contributed by atoms with Crippen LogP contribution in [0.15, 0.2) is 73.1 Å². The van der Waals surface area contributed by atoms with Crippen LogP contribution in [0.4, 0.5) is 11.5 Å². The first kappa shape index (κ1) is 25.6. The zero-order valence-corrected chi connectivity index (χ0v) is 21.1. The molecule has 0 aliphatic rings. The van der Waals surface area contributed by atoms with Gasteiger partial charge >= 0.3 is 0 Å². The molecule has 3 aromatic carbocycles. The van der Waals surface area contributed by atoms with Crippen LogP contribution in [0.1, 0.15) is 39.6 Å². The van der Waals surface area contributed by atoms with Crippen molar-refractivity contribution >= 4 is 34.2 Å². The van der Waals surface area contributed by atoms with E-state index in [0.29, 0.717) is 52.3 Å². The van der Waals surface area contributed by atoms with Gasteiger partial charge in [-0.3, -0.25) is 9.59 Å². The first-order chi connectivity index (χ1) is 17.8. The Morgan fingerprint density at radius 3 is 2.46 bits per heavy atom. The lowest BCUT2D eigenvalue weighted by Gasteiger charge is -2.41. The number of nitrogens with two attached hydrogens (primary N) is 2. The molecule has 9 nitrogen and oxygen atoms in total. The summed E-state index contributed by atoms with van der Waals surface area (Å²) < 4.78 is 5.17. The van der Waals surface area contributed by atoms with Gasteiger partial charge in [0.05, 0.1) is 23.7 Å². The van der Waals surface area contributed by atoms with Crippen LogP contribution in [-0.2, 0) is 5.54 Å². The van der Waals surface area contributed by atoms with Gasteiger partial charge in [-0.15, -0.1) is 0 Å². The number of nitrogens with one attached hydrogen (secondary N) is 1. The second-order valence-electron chi connectivity index (χ2n) is 8.90. The Bertz CT molecular complexity index is 1440. The summed E-state index contributed by atoms with van der Waals surface area (Å²) in [5.41, 5.74) is 14.0. The van der Waals surface area contributed by atoms with Crippen LogP contribution >= 0.6 is 0 Å². The number of aromatic nitrogens is 2. The number of amides is 2. The highest BCUT2D eigenvalue weighted by molar-refractivity contribution is 6.07. The van der Waals surface area contributed by atoms with Crippen LogP contribution in [-0.4, -0.2) is 42.5 Å². The van der Waals surface area contributed by atoms with E-state index >= 15 is 0 Å². The molecule has 0 aliphatic heterocycles. The van der Waals surface area contributed by atoms with Gasteiger partial charge in [-0.2, -0.15) is 0 Å². The maximum atomic E-state index is 12.9. The first-order valence-electron chi connectivity index (χ1n) is 11.8. The van der Waals surface area contributed by atoms with Gasteiger partial charge in [0, 0.05) is 23.7 Å². The number of carbonyl (C=O) groups is 2. The minimum Gasteiger partial charge on any atom is -0.497 e. The smallest absolute Gasteiger partial charge is 0.255 e. The topological polar surface area (TPSA) is 136 Å². The van der Waals surface area contributed by atoms with Gasteiger partial charge in [0.25, 0.3) is 11.8 Å². The van der Waals surface area contributed by atoms with E-state index in [9.17, 15) is 9.59 Å². The molecule has 1 unspecified atom stereocenters. The van der Waals surface area contributed by atoms with Crippen molar-refractivity contribution in [1.29, 1.82) is 0 Å². The third kappa shape index (κ3) is 5.07. The summed E-state index contributed by atoms with van der Waals surface area (Å²) in [4.78, 5) is 35.7. The van der Waals surface area contributed by atoms with E-state index in [1.165, 1.54) is 6.33 Å². The summed E-state index contributed by atoms with van der Waals surface area (Å²) in [5, 5.41) is 3.67. The molecule has 4 rings (SSSR count). The number of hydrogen-bond donors (Lipinski definition) is 3. The van der Waals surface area contributed by atoms with Crippen LogP contribution in [0.2, 0.25) is 0 Å². The minimum atomic E-state index is -0.598. The summed E-state index contributed by atoms with van der Waals surface area (Å²) in [7, 11) is 3.51. The molecular formula is C28H30N6O3. The predicted molar refractivity (Wildman–Crippen MR) is 145 cm³/mol. The molecule has 2 amide bonds. The van der Waals surface area contributed by atoms with Crippen LogP contribution in [0.5, 0.6) is 5.75 Å². The molecule has 0 fully saturated rings. The van der Waals surface area contributed by atoms with Crippen molar-refractivity contribution in [2.24, 2.45) is 11.5 Å². The summed E-state index contributed by atoms with van der Waals surface area (Å²) >= 11 is 0. The first-order valence-corrected chi connectivity index (χ1v) is 11.8. The third-order valence-electron chi connectivity index (χ3n) is 6.69. The highest BCUT2D eigenvalue weighted by atomic mass is 16.5. The highest BCUT2D eigenvalue weighted by Gasteiger charge is 2.33. The second kappa shape index (κ2) is 10.6. The van der Waals surface area contributed by atoms with Gasteiger partial charge in [-0.25, -0.2) is 9.97 Å². The van der Waals surface area contributed by atoms with Crippen LogP contribution in [0.3, 0.4) is 0 Å². The lowest BCUT2D eigenvalue weighted by molar-refractivity contribution is 0.0998. The molecule has 1 atom stereocenters. The van der Waals surface area contributed by atoms with E-state index in [4.69, 9.17) is 16.2 Å². The molecule has 5 N–H and O–H groups in total. The maximum Gasteiger partial charge on any atom is 0.255 e. The average molecular weight is 499 g/mol. The van der Waals surface area contributed by atoms with Gasteiger partial charge < -0.3 is 26.4 Å². The number of ether oxygens (including phenoxy) is 1. The number of primary amides is 1. The van der Waals surface area contributed by atoms with Crippen molar-refractivity contribution < 1.29 is 14.3 Å². The molecule has 4 aromatic rings. The normalized spacial score (nSPS) is 12.5. The van der Waals surface area contributed by atoms with Crippen molar-refractivity contribution in [1.82, 2.24) is 9.97 Å². The van der Waals surface area contributed by atoms with Crippen LogP contribution in [0, 0.1) is 0 Å². The lowest BCUT2D eigenvalue weighted by atomic mass is 9.86. The zero-order valence-electron chi connectivity index (χ0n) is 21.1. The molecule has 0 saturated heterocycles. The molecule has 1 aromatic heterocycles. The summed E-state index contributed by atoms with van der Waals surface area (Å²) in [6.07, 6.45) is 2.02. The molecule has 9 heteroatoms. The number of para-hydroxylation sites is 1. The molecule has 0 aliphatic carbocycles. The quantitative estimate of drug-likeness (QED) is 0.320. The predicted octanol–water partition coefficient (Wildman–Crippen LogP) is 3.69. The summed E-state index contributed by atoms with van der Waals surface area (Å²) in [6.45, 7) is 2.48. The summed E-state index contributed by atoms with van der Waals surface area (Å²) in [5.74, 6) is 0.536. The Morgan fingerprint density at radius 2 is 1.78 bits per heavy atom. The monoisotopic (exact) mass is 498 g/mol. The Morgan fingerprint density at radius 1 is 1.05 bits per heavy atom. The van der Waals surface area contributed by atoms with E-state index in [1.54, 1.807) is 43.5 Å². The Kier molecular flexibility index (Phi) is 7.35. The molecule has 0 saturated carbocycles. The second-order valence-corrected chi connectivity index (χ2v) is 8.90. The number of hydrogen-bond acceptors (Lipinski definition) is 7. The van der Waals surface area contributed by atoms with Crippen molar-refractivity contribution in [3.63, 3.8) is 0 Å². The van der Waals surface area contributed by atoms with Gasteiger partial charge in [0.15, 0.2) is 0 Å². The maximum absolute atomic E-state index is 12.9. The Labute approximate surface area is 215 Å². The Balaban J connectivity index is 1.70. The van der Waals surface area contributed by atoms with Gasteiger partial charge in [0.2, 0.25) is 0 Å². The number of benzene rings is 3. The number of fused-ring (bicyclic) bond motifs is 1. The van der Waals surface area contributed by atoms with Crippen LogP contribution < -0.4 is 26.4 Å². The molecule has 37 heavy (non-hydrogen) atoms. The fraction of sp³-hybridized carbons (Fsp3) is 0.214. The lowest BCUT2D eigenvalue weighted by Crippen LogP contribution is -2.43. The standard InChI is InChI=1S/C28H30N6O3/c1-28(14-15-29,34(2)26-23-9-5-8-22(25(30)35)24(23)31-17-32-26)19-6-4-7-20(16-19)33-27(36)18-10-12-21(37-3)13-11-18/h4-13,16-17H,14-15,29H2,1-3H3,(H2,30,35)(H,33,36). The molecular weight excluding hydrogens is 468 g/mol. The third-order valence-corrected chi connectivity index (χ3v) is 6.69. The Hall–Kier alpha value is -4.50. The number of carbonyl (C=O) groups excluding carboxylic acids is 2. The molecule has 0 bridgehead atoms. The van der Waals surface area contributed by atoms with E-state index in [1.807, 2.05) is 42.3 Å². The SMILES string of the molecule is COc1ccc(C(=O)Nc2cccc(C(C)(CCN)N(C)c3ncnc4c(C(N)=O)cccc34)c2)cc1. The fourth-order valence-electron chi connectivity index (χ4n) is 4.44. The van der Waals surface area contributed by atoms with Gasteiger partial charge in [-0.05, 0) is 74.0 Å². The zero-order chi connectivity index (χ0) is 26.6. The summed E-state index contributed by atoms with van der Waals surface area (Å²) in [6, 6.07) is 19.9. The van der Waals surface area contributed by atoms with Crippen molar-refractivity contribution in [3.8, 4) is 5.75 Å². The van der Waals surface area contributed by atoms with E-state index < -0.39 is 11.4 Å². The minimum absolute atomic E-state index is 0.227. The van der Waals surface area contributed by atoms with Crippen molar-refractivity contribution in [2.45, 2.75) is 18.9 Å². The number of anilines is 2. The number of rotatable bonds is 9. The van der Waals surface area contributed by atoms with E-state index in [0.717, 1.165) is 5.56 Å². The fourth-order valence-corrected chi connectivity index (χ4v) is 4.44. The van der Waals surface area contributed by atoms with E-state index in [2.05, 4.69) is 22.2 Å². The number of methoxy groups -OCH3 is 1. The van der Waals surface area contributed by atoms with Crippen molar-refractivity contribution in [2.75, 3.05) is 30.9 Å². The van der Waals surface area contributed by atoms with Crippen molar-refractivity contribution in [3.05, 3.63) is 89.7 Å². The van der Waals surface area contributed by atoms with Crippen LogP contribution in [0.25, 0.3) is 10.9 Å². The van der Waals surface area contributed by atoms with Gasteiger partial charge in [0.1, 0.15) is 17.9 Å². The van der Waals surface area contributed by atoms with E-state index in [-0.39, 0.29) is 5.91 Å². The largest absolute Gasteiger partial charge is 0.497 e. The molecule has 190 valence electrons.